The van der Waals surface area contributed by atoms with E-state index in [2.05, 4.69) is 55.5 Å². The van der Waals surface area contributed by atoms with E-state index in [0.29, 0.717) is 6.04 Å². The maximum absolute atomic E-state index is 3.57. The van der Waals surface area contributed by atoms with Gasteiger partial charge < -0.3 is 10.2 Å². The lowest BCUT2D eigenvalue weighted by Gasteiger charge is -2.27. The number of likely N-dealkylation sites (N-methyl/N-ethyl adjacent to an activating group) is 2. The maximum Gasteiger partial charge on any atom is 0.0448 e. The van der Waals surface area contributed by atoms with Crippen molar-refractivity contribution in [3.63, 3.8) is 0 Å². The number of hydrogen-bond donors (Lipinski definition) is 1. The van der Waals surface area contributed by atoms with E-state index in [0.717, 1.165) is 19.0 Å². The van der Waals surface area contributed by atoms with Crippen molar-refractivity contribution >= 4 is 0 Å². The second kappa shape index (κ2) is 6.35. The summed E-state index contributed by atoms with van der Waals surface area (Å²) < 4.78 is 0. The van der Waals surface area contributed by atoms with Crippen LogP contribution in [-0.4, -0.2) is 32.1 Å². The van der Waals surface area contributed by atoms with Crippen LogP contribution in [0.4, 0.5) is 0 Å². The van der Waals surface area contributed by atoms with Gasteiger partial charge >= 0.3 is 0 Å². The van der Waals surface area contributed by atoms with Gasteiger partial charge in [0.25, 0.3) is 0 Å². The third-order valence-corrected chi connectivity index (χ3v) is 3.91. The number of hydrogen-bond acceptors (Lipinski definition) is 2. The first-order valence-corrected chi connectivity index (χ1v) is 7.18. The molecular formula is C16H26N2. The molecule has 1 atom stereocenters. The quantitative estimate of drug-likeness (QED) is 0.829. The fourth-order valence-electron chi connectivity index (χ4n) is 2.64. The number of nitrogens with zero attached hydrogens (tertiary/aromatic N) is 1. The molecule has 1 aliphatic rings. The van der Waals surface area contributed by atoms with E-state index in [1.165, 1.54) is 30.4 Å². The fourth-order valence-corrected chi connectivity index (χ4v) is 2.64. The lowest BCUT2D eigenvalue weighted by Crippen LogP contribution is -2.31. The lowest BCUT2D eigenvalue weighted by molar-refractivity contribution is 0.345. The van der Waals surface area contributed by atoms with Crippen LogP contribution in [0.3, 0.4) is 0 Å². The topological polar surface area (TPSA) is 15.3 Å². The number of nitrogens with one attached hydrogen (secondary N) is 1. The lowest BCUT2D eigenvalue weighted by atomic mass is 9.80. The highest BCUT2D eigenvalue weighted by atomic mass is 15.1. The molecule has 0 heterocycles. The molecule has 0 spiro atoms. The summed E-state index contributed by atoms with van der Waals surface area (Å²) >= 11 is 0. The third-order valence-electron chi connectivity index (χ3n) is 3.91. The highest BCUT2D eigenvalue weighted by molar-refractivity contribution is 5.28. The van der Waals surface area contributed by atoms with E-state index in [9.17, 15) is 0 Å². The Hall–Kier alpha value is -0.860. The summed E-state index contributed by atoms with van der Waals surface area (Å²) in [5.74, 6) is 0.838. The smallest absolute Gasteiger partial charge is 0.0448 e. The van der Waals surface area contributed by atoms with Crippen molar-refractivity contribution in [1.82, 2.24) is 10.2 Å². The van der Waals surface area contributed by atoms with Gasteiger partial charge in [-0.15, -0.1) is 0 Å². The van der Waals surface area contributed by atoms with Crippen molar-refractivity contribution in [2.45, 2.75) is 38.1 Å². The van der Waals surface area contributed by atoms with Crippen LogP contribution >= 0.6 is 0 Å². The zero-order valence-electron chi connectivity index (χ0n) is 11.9. The Kier molecular flexibility index (Phi) is 4.79. The van der Waals surface area contributed by atoms with Crippen molar-refractivity contribution < 1.29 is 0 Å². The van der Waals surface area contributed by atoms with Crippen molar-refractivity contribution in [3.8, 4) is 0 Å². The van der Waals surface area contributed by atoms with Crippen molar-refractivity contribution in [2.24, 2.45) is 0 Å². The molecule has 0 bridgehead atoms. The molecule has 2 nitrogen and oxygen atoms in total. The molecule has 1 unspecified atom stereocenters. The minimum atomic E-state index is 0.445. The average Bonchev–Trinajstić information content (AvgIpc) is 2.27. The summed E-state index contributed by atoms with van der Waals surface area (Å²) in [4.78, 5) is 2.24. The molecule has 0 saturated heterocycles. The van der Waals surface area contributed by atoms with Gasteiger partial charge in [0.2, 0.25) is 0 Å². The van der Waals surface area contributed by atoms with Gasteiger partial charge in [0.05, 0.1) is 0 Å². The first kappa shape index (κ1) is 13.6. The van der Waals surface area contributed by atoms with Crippen LogP contribution in [0.2, 0.25) is 0 Å². The molecule has 0 aliphatic heterocycles. The van der Waals surface area contributed by atoms with Crippen LogP contribution in [-0.2, 0) is 0 Å². The Morgan fingerprint density at radius 2 is 1.89 bits per heavy atom. The normalized spacial score (nSPS) is 17.8. The first-order valence-electron chi connectivity index (χ1n) is 7.18. The van der Waals surface area contributed by atoms with Gasteiger partial charge in [0, 0.05) is 12.6 Å². The van der Waals surface area contributed by atoms with E-state index in [-0.39, 0.29) is 0 Å². The molecule has 1 N–H and O–H groups in total. The summed E-state index contributed by atoms with van der Waals surface area (Å²) in [6.07, 6.45) is 4.18. The third kappa shape index (κ3) is 3.33. The van der Waals surface area contributed by atoms with Gasteiger partial charge in [-0.25, -0.2) is 0 Å². The monoisotopic (exact) mass is 246 g/mol. The van der Waals surface area contributed by atoms with Crippen LogP contribution < -0.4 is 5.32 Å². The highest BCUT2D eigenvalue weighted by Crippen LogP contribution is 2.36. The highest BCUT2D eigenvalue weighted by Gasteiger charge is 2.19. The van der Waals surface area contributed by atoms with E-state index < -0.39 is 0 Å². The molecule has 1 fully saturated rings. The van der Waals surface area contributed by atoms with Crippen molar-refractivity contribution in [3.05, 3.63) is 35.4 Å². The zero-order chi connectivity index (χ0) is 13.0. The van der Waals surface area contributed by atoms with Crippen LogP contribution in [0, 0.1) is 0 Å². The number of rotatable bonds is 6. The minimum absolute atomic E-state index is 0.445. The molecular weight excluding hydrogens is 220 g/mol. The molecule has 0 radical (unpaired) electrons. The van der Waals surface area contributed by atoms with Crippen molar-refractivity contribution in [1.29, 1.82) is 0 Å². The summed E-state index contributed by atoms with van der Waals surface area (Å²) in [7, 11) is 4.26. The largest absolute Gasteiger partial charge is 0.309 e. The molecule has 1 aromatic rings. The molecule has 100 valence electrons. The molecule has 2 rings (SSSR count). The molecule has 0 amide bonds. The van der Waals surface area contributed by atoms with Crippen LogP contribution in [0.25, 0.3) is 0 Å². The zero-order valence-corrected chi connectivity index (χ0v) is 11.9. The van der Waals surface area contributed by atoms with Gasteiger partial charge in [-0.05, 0) is 50.5 Å². The Morgan fingerprint density at radius 1 is 1.22 bits per heavy atom. The molecule has 1 saturated carbocycles. The Balaban J connectivity index is 2.04. The van der Waals surface area contributed by atoms with Crippen molar-refractivity contribution in [2.75, 3.05) is 27.2 Å². The average molecular weight is 246 g/mol. The van der Waals surface area contributed by atoms with Crippen LogP contribution in [0.5, 0.6) is 0 Å². The molecule has 2 heteroatoms. The Bertz CT molecular complexity index is 352. The molecule has 18 heavy (non-hydrogen) atoms. The van der Waals surface area contributed by atoms with Gasteiger partial charge in [-0.3, -0.25) is 0 Å². The second-order valence-corrected chi connectivity index (χ2v) is 5.67. The van der Waals surface area contributed by atoms with Gasteiger partial charge in [0.15, 0.2) is 0 Å². The molecule has 1 aromatic carbocycles. The van der Waals surface area contributed by atoms with E-state index >= 15 is 0 Å². The Morgan fingerprint density at radius 3 is 2.33 bits per heavy atom. The predicted molar refractivity (Wildman–Crippen MR) is 78.0 cm³/mol. The summed E-state index contributed by atoms with van der Waals surface area (Å²) in [5.41, 5.74) is 2.94. The summed E-state index contributed by atoms with van der Waals surface area (Å²) in [5, 5.41) is 3.57. The van der Waals surface area contributed by atoms with Gasteiger partial charge in [-0.1, -0.05) is 37.6 Å². The van der Waals surface area contributed by atoms with Crippen LogP contribution in [0.1, 0.15) is 49.3 Å². The summed E-state index contributed by atoms with van der Waals surface area (Å²) in [6, 6.07) is 9.73. The molecule has 0 aromatic heterocycles. The molecule has 1 aliphatic carbocycles. The minimum Gasteiger partial charge on any atom is -0.309 e. The predicted octanol–water partition coefficient (Wildman–Crippen LogP) is 3.17. The van der Waals surface area contributed by atoms with E-state index in [1.54, 1.807) is 0 Å². The SMILES string of the molecule is CCNC(CN(C)C)c1ccc(C2CCC2)cc1. The second-order valence-electron chi connectivity index (χ2n) is 5.67. The maximum atomic E-state index is 3.57. The number of benzene rings is 1. The first-order chi connectivity index (χ1) is 8.70. The fraction of sp³-hybridized carbons (Fsp3) is 0.625. The standard InChI is InChI=1S/C16H26N2/c1-4-17-16(12-18(2)3)15-10-8-14(9-11-15)13-6-5-7-13/h8-11,13,16-17H,4-7,12H2,1-3H3. The Labute approximate surface area is 111 Å². The summed E-state index contributed by atoms with van der Waals surface area (Å²) in [6.45, 7) is 4.24. The van der Waals surface area contributed by atoms with Crippen LogP contribution in [0.15, 0.2) is 24.3 Å². The van der Waals surface area contributed by atoms with Gasteiger partial charge in [-0.2, -0.15) is 0 Å². The van der Waals surface area contributed by atoms with Gasteiger partial charge in [0.1, 0.15) is 0 Å². The van der Waals surface area contributed by atoms with E-state index in [4.69, 9.17) is 0 Å². The van der Waals surface area contributed by atoms with E-state index in [1.807, 2.05) is 0 Å².